The third-order valence-electron chi connectivity index (χ3n) is 2.72. The van der Waals surface area contributed by atoms with Gasteiger partial charge in [-0.25, -0.2) is 0 Å². The maximum atomic E-state index is 9.73. The van der Waals surface area contributed by atoms with Crippen molar-refractivity contribution in [3.63, 3.8) is 0 Å². The second-order valence-corrected chi connectivity index (χ2v) is 4.34. The molecule has 0 aliphatic rings. The van der Waals surface area contributed by atoms with Gasteiger partial charge in [-0.3, -0.25) is 0 Å². The van der Waals surface area contributed by atoms with E-state index in [-0.39, 0.29) is 12.1 Å². The molecule has 3 heteroatoms. The molecule has 0 spiro atoms. The number of aliphatic hydroxyl groups excluding tert-OH is 1. The number of hydrogen-bond donors (Lipinski definition) is 2. The maximum absolute atomic E-state index is 9.73. The van der Waals surface area contributed by atoms with E-state index < -0.39 is 6.10 Å². The molecule has 0 amide bonds. The first-order valence-corrected chi connectivity index (χ1v) is 6.17. The Morgan fingerprint density at radius 2 is 2.00 bits per heavy atom. The lowest BCUT2D eigenvalue weighted by atomic mass is 10.1. The zero-order chi connectivity index (χ0) is 13.4. The van der Waals surface area contributed by atoms with Crippen LogP contribution in [0.25, 0.3) is 0 Å². The van der Waals surface area contributed by atoms with E-state index >= 15 is 0 Å². The van der Waals surface area contributed by atoms with Crippen LogP contribution in [0.4, 0.5) is 0 Å². The zero-order valence-corrected chi connectivity index (χ0v) is 11.0. The predicted molar refractivity (Wildman–Crippen MR) is 73.1 cm³/mol. The summed E-state index contributed by atoms with van der Waals surface area (Å²) in [6.45, 7) is 4.58. The van der Waals surface area contributed by atoms with E-state index in [1.54, 1.807) is 0 Å². The molecule has 0 aliphatic carbocycles. The zero-order valence-electron chi connectivity index (χ0n) is 11.0. The van der Waals surface area contributed by atoms with E-state index in [0.29, 0.717) is 13.2 Å². The number of rotatable bonds is 7. The van der Waals surface area contributed by atoms with Crippen LogP contribution >= 0.6 is 0 Å². The van der Waals surface area contributed by atoms with Gasteiger partial charge in [0.2, 0.25) is 0 Å². The van der Waals surface area contributed by atoms with Crippen molar-refractivity contribution < 1.29 is 9.84 Å². The largest absolute Gasteiger partial charge is 0.389 e. The van der Waals surface area contributed by atoms with Crippen LogP contribution in [0, 0.1) is 12.3 Å². The molecule has 3 atom stereocenters. The van der Waals surface area contributed by atoms with Crippen molar-refractivity contribution in [2.75, 3.05) is 13.2 Å². The summed E-state index contributed by atoms with van der Waals surface area (Å²) in [6, 6.07) is 9.90. The van der Waals surface area contributed by atoms with Crippen LogP contribution in [-0.2, 0) is 4.74 Å². The van der Waals surface area contributed by atoms with Crippen molar-refractivity contribution in [1.29, 1.82) is 0 Å². The molecule has 0 aromatic heterocycles. The van der Waals surface area contributed by atoms with Gasteiger partial charge in [0.1, 0.15) is 0 Å². The summed E-state index contributed by atoms with van der Waals surface area (Å²) in [5.41, 5.74) is 1.11. The highest BCUT2D eigenvalue weighted by Gasteiger charge is 2.10. The number of nitrogens with one attached hydrogen (secondary N) is 1. The van der Waals surface area contributed by atoms with Gasteiger partial charge in [0.05, 0.1) is 24.9 Å². The van der Waals surface area contributed by atoms with Crippen LogP contribution in [0.1, 0.15) is 25.5 Å². The fourth-order valence-corrected chi connectivity index (χ4v) is 1.51. The summed E-state index contributed by atoms with van der Waals surface area (Å²) in [7, 11) is 0. The normalized spacial score (nSPS) is 15.7. The third-order valence-corrected chi connectivity index (χ3v) is 2.72. The second kappa shape index (κ2) is 7.88. The van der Waals surface area contributed by atoms with E-state index in [1.807, 2.05) is 44.2 Å². The number of hydrogen-bond acceptors (Lipinski definition) is 3. The van der Waals surface area contributed by atoms with Crippen LogP contribution < -0.4 is 5.32 Å². The number of aliphatic hydroxyl groups is 1. The van der Waals surface area contributed by atoms with Gasteiger partial charge in [0.15, 0.2) is 0 Å². The molecule has 0 saturated heterocycles. The van der Waals surface area contributed by atoms with Crippen LogP contribution in [0.2, 0.25) is 0 Å². The summed E-state index contributed by atoms with van der Waals surface area (Å²) >= 11 is 0. The first-order chi connectivity index (χ1) is 8.63. The van der Waals surface area contributed by atoms with Gasteiger partial charge in [-0.15, -0.1) is 6.42 Å². The Bertz CT molecular complexity index is 372. The molecule has 18 heavy (non-hydrogen) atoms. The molecule has 1 aromatic rings. The Labute approximate surface area is 109 Å². The molecule has 2 N–H and O–H groups in total. The highest BCUT2D eigenvalue weighted by atomic mass is 16.5. The van der Waals surface area contributed by atoms with E-state index in [2.05, 4.69) is 11.2 Å². The second-order valence-electron chi connectivity index (χ2n) is 4.34. The number of terminal acetylenes is 1. The smallest absolute Gasteiger partial charge is 0.0898 e. The van der Waals surface area contributed by atoms with Crippen molar-refractivity contribution in [3.8, 4) is 12.3 Å². The molecule has 0 heterocycles. The number of ether oxygens (including phenoxy) is 1. The van der Waals surface area contributed by atoms with Crippen LogP contribution in [0.15, 0.2) is 30.3 Å². The molecule has 98 valence electrons. The molecule has 1 rings (SSSR count). The van der Waals surface area contributed by atoms with Gasteiger partial charge in [0, 0.05) is 6.54 Å². The predicted octanol–water partition coefficient (Wildman–Crippen LogP) is 1.74. The van der Waals surface area contributed by atoms with Gasteiger partial charge in [-0.1, -0.05) is 36.3 Å². The van der Waals surface area contributed by atoms with Crippen molar-refractivity contribution in [3.05, 3.63) is 35.9 Å². The average Bonchev–Trinajstić information content (AvgIpc) is 2.42. The minimum atomic E-state index is -0.549. The highest BCUT2D eigenvalue weighted by Crippen LogP contribution is 2.15. The molecular formula is C15H21NO2. The SMILES string of the molecule is C#CC(C)NCC(O)COC(C)c1ccccc1. The van der Waals surface area contributed by atoms with Gasteiger partial charge < -0.3 is 15.2 Å². The molecule has 3 nitrogen and oxygen atoms in total. The topological polar surface area (TPSA) is 41.5 Å². The highest BCUT2D eigenvalue weighted by molar-refractivity contribution is 5.16. The monoisotopic (exact) mass is 247 g/mol. The average molecular weight is 247 g/mol. The Balaban J connectivity index is 2.26. The van der Waals surface area contributed by atoms with E-state index in [1.165, 1.54) is 0 Å². The Hall–Kier alpha value is -1.34. The summed E-state index contributed by atoms with van der Waals surface area (Å²) in [5, 5.41) is 12.8. The van der Waals surface area contributed by atoms with Crippen LogP contribution in [0.5, 0.6) is 0 Å². The molecule has 3 unspecified atom stereocenters. The molecule has 0 saturated carbocycles. The molecule has 0 radical (unpaired) electrons. The van der Waals surface area contributed by atoms with Crippen molar-refractivity contribution in [2.24, 2.45) is 0 Å². The summed E-state index contributed by atoms with van der Waals surface area (Å²) < 4.78 is 5.61. The van der Waals surface area contributed by atoms with E-state index in [9.17, 15) is 5.11 Å². The summed E-state index contributed by atoms with van der Waals surface area (Å²) in [4.78, 5) is 0. The van der Waals surface area contributed by atoms with Gasteiger partial charge in [-0.2, -0.15) is 0 Å². The maximum Gasteiger partial charge on any atom is 0.0898 e. The molecule has 1 aromatic carbocycles. The fourth-order valence-electron chi connectivity index (χ4n) is 1.51. The van der Waals surface area contributed by atoms with Gasteiger partial charge in [0.25, 0.3) is 0 Å². The van der Waals surface area contributed by atoms with Crippen molar-refractivity contribution >= 4 is 0 Å². The fraction of sp³-hybridized carbons (Fsp3) is 0.467. The first kappa shape index (κ1) is 14.7. The van der Waals surface area contributed by atoms with Crippen LogP contribution in [0.3, 0.4) is 0 Å². The van der Waals surface area contributed by atoms with Crippen molar-refractivity contribution in [2.45, 2.75) is 32.1 Å². The lowest BCUT2D eigenvalue weighted by Gasteiger charge is -2.18. The quantitative estimate of drug-likeness (QED) is 0.721. The molecule has 0 bridgehead atoms. The van der Waals surface area contributed by atoms with E-state index in [0.717, 1.165) is 5.56 Å². The first-order valence-electron chi connectivity index (χ1n) is 6.17. The Morgan fingerprint density at radius 1 is 1.33 bits per heavy atom. The Morgan fingerprint density at radius 3 is 2.61 bits per heavy atom. The molecule has 0 aliphatic heterocycles. The lowest BCUT2D eigenvalue weighted by molar-refractivity contribution is -0.00229. The molecule has 0 fully saturated rings. The van der Waals surface area contributed by atoms with Gasteiger partial charge in [-0.05, 0) is 19.4 Å². The third kappa shape index (κ3) is 5.33. The molecular weight excluding hydrogens is 226 g/mol. The minimum Gasteiger partial charge on any atom is -0.389 e. The summed E-state index contributed by atoms with van der Waals surface area (Å²) in [5.74, 6) is 2.55. The summed E-state index contributed by atoms with van der Waals surface area (Å²) in [6.07, 6.45) is 4.66. The Kier molecular flexibility index (Phi) is 6.45. The lowest BCUT2D eigenvalue weighted by Crippen LogP contribution is -2.35. The number of benzene rings is 1. The van der Waals surface area contributed by atoms with E-state index in [4.69, 9.17) is 11.2 Å². The van der Waals surface area contributed by atoms with Crippen molar-refractivity contribution in [1.82, 2.24) is 5.32 Å². The van der Waals surface area contributed by atoms with Gasteiger partial charge >= 0.3 is 0 Å². The minimum absolute atomic E-state index is 0.0223. The standard InChI is InChI=1S/C15H21NO2/c1-4-12(2)16-10-15(17)11-18-13(3)14-8-6-5-7-9-14/h1,5-9,12-13,15-17H,10-11H2,2-3H3. The van der Waals surface area contributed by atoms with Crippen LogP contribution in [-0.4, -0.2) is 30.4 Å².